The summed E-state index contributed by atoms with van der Waals surface area (Å²) in [6.07, 6.45) is 4.14. The summed E-state index contributed by atoms with van der Waals surface area (Å²) in [6, 6.07) is 0. The van der Waals surface area contributed by atoms with Gasteiger partial charge in [-0.3, -0.25) is 9.59 Å². The first-order valence-electron chi connectivity index (χ1n) is 8.10. The van der Waals surface area contributed by atoms with Gasteiger partial charge >= 0.3 is 0 Å². The van der Waals surface area contributed by atoms with E-state index in [-0.39, 0.29) is 30.3 Å². The third kappa shape index (κ3) is 4.68. The Morgan fingerprint density at radius 3 is 2.57 bits per heavy atom. The molecule has 2 fully saturated rings. The largest absolute Gasteiger partial charge is 0.396 e. The molecule has 1 unspecified atom stereocenters. The van der Waals surface area contributed by atoms with E-state index in [2.05, 4.69) is 10.6 Å². The van der Waals surface area contributed by atoms with Gasteiger partial charge in [-0.1, -0.05) is 0 Å². The fraction of sp³-hybridized carbons (Fsp3) is 0.867. The van der Waals surface area contributed by atoms with Gasteiger partial charge in [0.25, 0.3) is 0 Å². The molecule has 2 aliphatic rings. The van der Waals surface area contributed by atoms with Crippen LogP contribution in [0.2, 0.25) is 0 Å². The van der Waals surface area contributed by atoms with Gasteiger partial charge in [-0.25, -0.2) is 0 Å². The molecule has 3 N–H and O–H groups in total. The summed E-state index contributed by atoms with van der Waals surface area (Å²) in [5.74, 6) is 0.446. The fourth-order valence-corrected chi connectivity index (χ4v) is 3.12. The van der Waals surface area contributed by atoms with E-state index < -0.39 is 0 Å². The van der Waals surface area contributed by atoms with Crippen LogP contribution < -0.4 is 10.6 Å². The first-order valence-corrected chi connectivity index (χ1v) is 8.10. The van der Waals surface area contributed by atoms with Crippen molar-refractivity contribution in [2.75, 3.05) is 39.3 Å². The molecule has 0 saturated carbocycles. The minimum atomic E-state index is 0.0113. The summed E-state index contributed by atoms with van der Waals surface area (Å²) >= 11 is 0. The van der Waals surface area contributed by atoms with Gasteiger partial charge in [0.05, 0.1) is 5.92 Å². The number of likely N-dealkylation sites (tertiary alicyclic amines) is 1. The molecular formula is C15H27N3O3. The van der Waals surface area contributed by atoms with Crippen LogP contribution in [-0.4, -0.2) is 61.2 Å². The quantitative estimate of drug-likeness (QED) is 0.610. The molecule has 2 rings (SSSR count). The van der Waals surface area contributed by atoms with Crippen LogP contribution in [0, 0.1) is 11.8 Å². The van der Waals surface area contributed by atoms with E-state index in [0.717, 1.165) is 38.8 Å². The van der Waals surface area contributed by atoms with E-state index in [1.165, 1.54) is 0 Å². The summed E-state index contributed by atoms with van der Waals surface area (Å²) in [5.41, 5.74) is 0. The second-order valence-corrected chi connectivity index (χ2v) is 6.01. The Morgan fingerprint density at radius 2 is 1.95 bits per heavy atom. The van der Waals surface area contributed by atoms with Gasteiger partial charge in [0.15, 0.2) is 0 Å². The second kappa shape index (κ2) is 8.34. The molecule has 0 aromatic heterocycles. The van der Waals surface area contributed by atoms with Crippen molar-refractivity contribution in [3.05, 3.63) is 0 Å². The van der Waals surface area contributed by atoms with Crippen molar-refractivity contribution < 1.29 is 14.7 Å². The van der Waals surface area contributed by atoms with Gasteiger partial charge in [-0.2, -0.15) is 0 Å². The number of carbonyl (C=O) groups excluding carboxylic acids is 2. The minimum Gasteiger partial charge on any atom is -0.396 e. The summed E-state index contributed by atoms with van der Waals surface area (Å²) < 4.78 is 0. The van der Waals surface area contributed by atoms with E-state index in [0.29, 0.717) is 26.1 Å². The van der Waals surface area contributed by atoms with Crippen molar-refractivity contribution >= 4 is 11.8 Å². The number of rotatable bonds is 5. The second-order valence-electron chi connectivity index (χ2n) is 6.01. The molecule has 1 atom stereocenters. The normalized spacial score (nSPS) is 23.9. The lowest BCUT2D eigenvalue weighted by molar-refractivity contribution is -0.139. The number of hydrogen-bond acceptors (Lipinski definition) is 4. The van der Waals surface area contributed by atoms with Crippen molar-refractivity contribution in [1.82, 2.24) is 15.5 Å². The molecule has 120 valence electrons. The first kappa shape index (κ1) is 16.2. The number of nitrogens with one attached hydrogen (secondary N) is 2. The number of hydrogen-bond donors (Lipinski definition) is 3. The third-order valence-electron chi connectivity index (χ3n) is 4.46. The van der Waals surface area contributed by atoms with E-state index in [1.54, 1.807) is 0 Å². The SMILES string of the molecule is O=C(NCCCO)C1CCN(C(=O)C2CCCNC2)CC1. The van der Waals surface area contributed by atoms with Crippen LogP contribution in [0.3, 0.4) is 0 Å². The highest BCUT2D eigenvalue weighted by Gasteiger charge is 2.31. The van der Waals surface area contributed by atoms with Gasteiger partial charge in [0.2, 0.25) is 11.8 Å². The van der Waals surface area contributed by atoms with Gasteiger partial charge in [0, 0.05) is 38.7 Å². The van der Waals surface area contributed by atoms with Crippen LogP contribution >= 0.6 is 0 Å². The topological polar surface area (TPSA) is 81.7 Å². The van der Waals surface area contributed by atoms with E-state index >= 15 is 0 Å². The maximum atomic E-state index is 12.4. The molecule has 2 saturated heterocycles. The standard InChI is InChI=1S/C15H27N3O3/c19-10-2-7-17-14(20)12-4-8-18(9-5-12)15(21)13-3-1-6-16-11-13/h12-13,16,19H,1-11H2,(H,17,20). The molecule has 6 heteroatoms. The number of nitrogens with zero attached hydrogens (tertiary/aromatic N) is 1. The van der Waals surface area contributed by atoms with Crippen molar-refractivity contribution in [1.29, 1.82) is 0 Å². The first-order chi connectivity index (χ1) is 10.2. The van der Waals surface area contributed by atoms with Crippen molar-refractivity contribution in [2.45, 2.75) is 32.1 Å². The molecule has 2 heterocycles. The van der Waals surface area contributed by atoms with Crippen LogP contribution in [0.15, 0.2) is 0 Å². The molecule has 0 spiro atoms. The molecule has 0 aromatic rings. The number of piperidine rings is 2. The van der Waals surface area contributed by atoms with E-state index in [4.69, 9.17) is 5.11 Å². The highest BCUT2D eigenvalue weighted by Crippen LogP contribution is 2.21. The smallest absolute Gasteiger partial charge is 0.226 e. The molecular weight excluding hydrogens is 270 g/mol. The van der Waals surface area contributed by atoms with E-state index in [9.17, 15) is 9.59 Å². The maximum Gasteiger partial charge on any atom is 0.226 e. The third-order valence-corrected chi connectivity index (χ3v) is 4.46. The molecule has 2 amide bonds. The lowest BCUT2D eigenvalue weighted by Gasteiger charge is -2.34. The van der Waals surface area contributed by atoms with Crippen LogP contribution in [0.1, 0.15) is 32.1 Å². The summed E-state index contributed by atoms with van der Waals surface area (Å²) in [6.45, 7) is 3.81. The summed E-state index contributed by atoms with van der Waals surface area (Å²) in [5, 5.41) is 14.8. The predicted molar refractivity (Wildman–Crippen MR) is 79.6 cm³/mol. The Hall–Kier alpha value is -1.14. The van der Waals surface area contributed by atoms with Crippen molar-refractivity contribution in [3.8, 4) is 0 Å². The number of aliphatic hydroxyl groups excluding tert-OH is 1. The lowest BCUT2D eigenvalue weighted by Crippen LogP contribution is -2.48. The number of amides is 2. The van der Waals surface area contributed by atoms with Gasteiger partial charge in [-0.15, -0.1) is 0 Å². The minimum absolute atomic E-state index is 0.0113. The van der Waals surface area contributed by atoms with Gasteiger partial charge in [-0.05, 0) is 38.6 Å². The molecule has 0 aliphatic carbocycles. The van der Waals surface area contributed by atoms with Gasteiger partial charge in [0.1, 0.15) is 0 Å². The zero-order chi connectivity index (χ0) is 15.1. The maximum absolute atomic E-state index is 12.4. The Balaban J connectivity index is 1.72. The Labute approximate surface area is 126 Å². The zero-order valence-corrected chi connectivity index (χ0v) is 12.6. The summed E-state index contributed by atoms with van der Waals surface area (Å²) in [4.78, 5) is 26.3. The van der Waals surface area contributed by atoms with E-state index in [1.807, 2.05) is 4.90 Å². The predicted octanol–water partition coefficient (Wildman–Crippen LogP) is -0.277. The summed E-state index contributed by atoms with van der Waals surface area (Å²) in [7, 11) is 0. The monoisotopic (exact) mass is 297 g/mol. The van der Waals surface area contributed by atoms with Crippen LogP contribution in [0.25, 0.3) is 0 Å². The molecule has 0 radical (unpaired) electrons. The van der Waals surface area contributed by atoms with Crippen LogP contribution in [0.5, 0.6) is 0 Å². The average molecular weight is 297 g/mol. The average Bonchev–Trinajstić information content (AvgIpc) is 2.55. The van der Waals surface area contributed by atoms with Crippen LogP contribution in [-0.2, 0) is 9.59 Å². The Bertz CT molecular complexity index is 348. The van der Waals surface area contributed by atoms with Gasteiger partial charge < -0.3 is 20.6 Å². The molecule has 2 aliphatic heterocycles. The Morgan fingerprint density at radius 1 is 1.19 bits per heavy atom. The number of aliphatic hydroxyl groups is 1. The lowest BCUT2D eigenvalue weighted by atomic mass is 9.93. The molecule has 0 bridgehead atoms. The highest BCUT2D eigenvalue weighted by molar-refractivity contribution is 5.81. The number of carbonyl (C=O) groups is 2. The fourth-order valence-electron chi connectivity index (χ4n) is 3.12. The molecule has 6 nitrogen and oxygen atoms in total. The Kier molecular flexibility index (Phi) is 6.45. The van der Waals surface area contributed by atoms with Crippen molar-refractivity contribution in [2.24, 2.45) is 11.8 Å². The molecule has 21 heavy (non-hydrogen) atoms. The molecule has 0 aromatic carbocycles. The zero-order valence-electron chi connectivity index (χ0n) is 12.6. The van der Waals surface area contributed by atoms with Crippen molar-refractivity contribution in [3.63, 3.8) is 0 Å². The highest BCUT2D eigenvalue weighted by atomic mass is 16.3. The van der Waals surface area contributed by atoms with Crippen LogP contribution in [0.4, 0.5) is 0 Å².